The highest BCUT2D eigenvalue weighted by atomic mass is 79.9. The number of esters is 1. The predicted octanol–water partition coefficient (Wildman–Crippen LogP) is 1.99. The van der Waals surface area contributed by atoms with E-state index in [0.29, 0.717) is 0 Å². The lowest BCUT2D eigenvalue weighted by molar-refractivity contribution is -0.136. The van der Waals surface area contributed by atoms with Gasteiger partial charge in [0.05, 0.1) is 4.83 Å². The zero-order valence-electron chi connectivity index (χ0n) is 5.76. The smallest absolute Gasteiger partial charge is 0.307 e. The summed E-state index contributed by atoms with van der Waals surface area (Å²) < 4.78 is 4.90. The van der Waals surface area contributed by atoms with Crippen LogP contribution in [0.5, 0.6) is 0 Å². The number of halogens is 1. The Kier molecular flexibility index (Phi) is 2.49. The van der Waals surface area contributed by atoms with E-state index in [1.165, 1.54) is 6.92 Å². The summed E-state index contributed by atoms with van der Waals surface area (Å²) in [5, 5.41) is 0. The summed E-state index contributed by atoms with van der Waals surface area (Å²) in [7, 11) is 0. The zero-order valence-corrected chi connectivity index (χ0v) is 7.35. The third kappa shape index (κ3) is 1.84. The third-order valence-electron chi connectivity index (χ3n) is 1.34. The number of rotatable bonds is 1. The van der Waals surface area contributed by atoms with Crippen LogP contribution in [0.4, 0.5) is 0 Å². The summed E-state index contributed by atoms with van der Waals surface area (Å²) >= 11 is 3.39. The molecule has 1 aliphatic rings. The van der Waals surface area contributed by atoms with E-state index in [-0.39, 0.29) is 10.8 Å². The molecule has 0 aromatic rings. The molecule has 0 fully saturated rings. The molecule has 0 saturated heterocycles. The van der Waals surface area contributed by atoms with Gasteiger partial charge in [-0.25, -0.2) is 0 Å². The molecule has 0 heterocycles. The van der Waals surface area contributed by atoms with Gasteiger partial charge in [-0.15, -0.1) is 0 Å². The fourth-order valence-electron chi connectivity index (χ4n) is 0.914. The van der Waals surface area contributed by atoms with E-state index in [1.54, 1.807) is 0 Å². The van der Waals surface area contributed by atoms with Crippen LogP contribution in [-0.2, 0) is 9.53 Å². The second-order valence-electron chi connectivity index (χ2n) is 2.25. The molecule has 0 N–H and O–H groups in total. The molecule has 0 bridgehead atoms. The lowest BCUT2D eigenvalue weighted by Crippen LogP contribution is -2.04. The van der Waals surface area contributed by atoms with Crippen LogP contribution in [0.1, 0.15) is 19.8 Å². The molecule has 1 rings (SSSR count). The van der Waals surface area contributed by atoms with E-state index in [1.807, 2.05) is 6.08 Å². The zero-order chi connectivity index (χ0) is 7.56. The van der Waals surface area contributed by atoms with E-state index in [9.17, 15) is 4.79 Å². The van der Waals surface area contributed by atoms with Gasteiger partial charge >= 0.3 is 5.97 Å². The first-order valence-electron chi connectivity index (χ1n) is 3.22. The van der Waals surface area contributed by atoms with Gasteiger partial charge in [0.15, 0.2) is 0 Å². The van der Waals surface area contributed by atoms with Gasteiger partial charge in [0.2, 0.25) is 0 Å². The molecule has 0 aliphatic heterocycles. The Labute approximate surface area is 68.4 Å². The number of carbonyl (C=O) groups excluding carboxylic acids is 1. The highest BCUT2D eigenvalue weighted by Crippen LogP contribution is 2.26. The van der Waals surface area contributed by atoms with E-state index in [4.69, 9.17) is 4.74 Å². The van der Waals surface area contributed by atoms with Gasteiger partial charge in [-0.3, -0.25) is 4.79 Å². The molecule has 3 heteroatoms. The maximum atomic E-state index is 10.5. The van der Waals surface area contributed by atoms with Gasteiger partial charge in [-0.1, -0.05) is 15.9 Å². The molecule has 0 radical (unpaired) electrons. The predicted molar refractivity (Wildman–Crippen MR) is 41.8 cm³/mol. The maximum Gasteiger partial charge on any atom is 0.307 e. The van der Waals surface area contributed by atoms with Crippen molar-refractivity contribution in [3.05, 3.63) is 11.8 Å². The van der Waals surface area contributed by atoms with Crippen molar-refractivity contribution in [3.8, 4) is 0 Å². The highest BCUT2D eigenvalue weighted by Gasteiger charge is 2.18. The molecule has 10 heavy (non-hydrogen) atoms. The molecule has 0 spiro atoms. The maximum absolute atomic E-state index is 10.5. The van der Waals surface area contributed by atoms with Crippen LogP contribution in [0.2, 0.25) is 0 Å². The molecule has 1 unspecified atom stereocenters. The third-order valence-corrected chi connectivity index (χ3v) is 2.25. The quantitative estimate of drug-likeness (QED) is 0.483. The van der Waals surface area contributed by atoms with Crippen molar-refractivity contribution in [2.45, 2.75) is 24.6 Å². The summed E-state index contributed by atoms with van der Waals surface area (Å²) in [6.45, 7) is 1.42. The summed E-state index contributed by atoms with van der Waals surface area (Å²) in [5.74, 6) is 0.533. The normalized spacial score (nSPS) is 24.2. The average molecular weight is 205 g/mol. The number of hydrogen-bond acceptors (Lipinski definition) is 2. The largest absolute Gasteiger partial charge is 0.430 e. The monoisotopic (exact) mass is 204 g/mol. The minimum Gasteiger partial charge on any atom is -0.430 e. The molecular weight excluding hydrogens is 196 g/mol. The molecule has 2 nitrogen and oxygen atoms in total. The van der Waals surface area contributed by atoms with Gasteiger partial charge in [0.1, 0.15) is 5.76 Å². The van der Waals surface area contributed by atoms with Gasteiger partial charge < -0.3 is 4.74 Å². The number of alkyl halides is 1. The summed E-state index contributed by atoms with van der Waals surface area (Å²) in [5.41, 5.74) is 0. The van der Waals surface area contributed by atoms with E-state index < -0.39 is 0 Å². The number of ether oxygens (including phenoxy) is 1. The van der Waals surface area contributed by atoms with E-state index >= 15 is 0 Å². The average Bonchev–Trinajstić information content (AvgIpc) is 2.15. The van der Waals surface area contributed by atoms with Crippen LogP contribution >= 0.6 is 15.9 Å². The molecule has 56 valence electrons. The van der Waals surface area contributed by atoms with Crippen molar-refractivity contribution >= 4 is 21.9 Å². The van der Waals surface area contributed by atoms with Crippen LogP contribution in [0.25, 0.3) is 0 Å². The lowest BCUT2D eigenvalue weighted by Gasteiger charge is -2.05. The molecule has 1 aliphatic carbocycles. The summed E-state index contributed by atoms with van der Waals surface area (Å²) in [4.78, 5) is 10.7. The number of carbonyl (C=O) groups is 1. The van der Waals surface area contributed by atoms with E-state index in [2.05, 4.69) is 15.9 Å². The van der Waals surface area contributed by atoms with Crippen LogP contribution in [0.3, 0.4) is 0 Å². The highest BCUT2D eigenvalue weighted by molar-refractivity contribution is 9.09. The van der Waals surface area contributed by atoms with Crippen LogP contribution in [0.15, 0.2) is 11.8 Å². The van der Waals surface area contributed by atoms with Crippen molar-refractivity contribution in [1.82, 2.24) is 0 Å². The Morgan fingerprint density at radius 1 is 1.90 bits per heavy atom. The van der Waals surface area contributed by atoms with Crippen LogP contribution in [-0.4, -0.2) is 10.8 Å². The molecular formula is C7H9BrO2. The molecule has 0 saturated carbocycles. The molecule has 0 aromatic carbocycles. The van der Waals surface area contributed by atoms with E-state index in [0.717, 1.165) is 18.6 Å². The minimum absolute atomic E-state index is 0.238. The molecule has 0 aromatic heterocycles. The molecule has 1 atom stereocenters. The van der Waals surface area contributed by atoms with Crippen molar-refractivity contribution in [3.63, 3.8) is 0 Å². The Bertz CT molecular complexity index is 174. The second-order valence-corrected chi connectivity index (χ2v) is 3.35. The summed E-state index contributed by atoms with van der Waals surface area (Å²) in [6, 6.07) is 0. The first-order chi connectivity index (χ1) is 4.70. The van der Waals surface area contributed by atoms with Crippen molar-refractivity contribution < 1.29 is 9.53 Å². The Hall–Kier alpha value is -0.310. The fraction of sp³-hybridized carbons (Fsp3) is 0.571. The fourth-order valence-corrected chi connectivity index (χ4v) is 1.46. The minimum atomic E-state index is -0.238. The number of hydrogen-bond donors (Lipinski definition) is 0. The molecule has 0 amide bonds. The first kappa shape index (κ1) is 7.79. The topological polar surface area (TPSA) is 26.3 Å². The number of allylic oxidation sites excluding steroid dienone is 2. The second kappa shape index (κ2) is 3.19. The van der Waals surface area contributed by atoms with Crippen molar-refractivity contribution in [2.75, 3.05) is 0 Å². The Morgan fingerprint density at radius 3 is 3.00 bits per heavy atom. The van der Waals surface area contributed by atoms with Crippen LogP contribution < -0.4 is 0 Å². The Morgan fingerprint density at radius 2 is 2.60 bits per heavy atom. The van der Waals surface area contributed by atoms with Crippen molar-refractivity contribution in [1.29, 1.82) is 0 Å². The first-order valence-corrected chi connectivity index (χ1v) is 4.14. The summed E-state index contributed by atoms with van der Waals surface area (Å²) in [6.07, 6.45) is 3.97. The Balaban J connectivity index is 2.47. The standard InChI is InChI=1S/C7H9BrO2/c1-5(9)10-7-4-2-3-6(7)8/h4,6H,2-3H2,1H3. The SMILES string of the molecule is CC(=O)OC1=CCCC1Br. The van der Waals surface area contributed by atoms with Gasteiger partial charge in [-0.05, 0) is 18.9 Å². The van der Waals surface area contributed by atoms with Gasteiger partial charge in [-0.2, -0.15) is 0 Å². The van der Waals surface area contributed by atoms with Gasteiger partial charge in [0.25, 0.3) is 0 Å². The van der Waals surface area contributed by atoms with Crippen molar-refractivity contribution in [2.24, 2.45) is 0 Å². The lowest BCUT2D eigenvalue weighted by atomic mass is 10.3. The van der Waals surface area contributed by atoms with Crippen LogP contribution in [0, 0.1) is 0 Å². The van der Waals surface area contributed by atoms with Gasteiger partial charge in [0, 0.05) is 6.92 Å².